The average Bonchev–Trinajstić information content (AvgIpc) is 2.05. The Morgan fingerprint density at radius 1 is 1.25 bits per heavy atom. The maximum Gasteiger partial charge on any atom is 0.105 e. The fourth-order valence-corrected chi connectivity index (χ4v) is 0.589. The second-order valence-corrected chi connectivity index (χ2v) is 3.67. The van der Waals surface area contributed by atoms with Crippen LogP contribution in [-0.2, 0) is 0 Å². The van der Waals surface area contributed by atoms with Crippen LogP contribution in [0.1, 0.15) is 12.5 Å². The van der Waals surface area contributed by atoms with Gasteiger partial charge in [-0.2, -0.15) is 0 Å². The first-order valence-electron chi connectivity index (χ1n) is 3.62. The van der Waals surface area contributed by atoms with E-state index in [2.05, 4.69) is 6.58 Å². The Kier molecular flexibility index (Phi) is 6.93. The van der Waals surface area contributed by atoms with Gasteiger partial charge in [-0.3, -0.25) is 0 Å². The molecule has 0 atom stereocenters. The van der Waals surface area contributed by atoms with Crippen molar-refractivity contribution in [2.24, 2.45) is 0 Å². The number of hydrogen-bond donors (Lipinski definition) is 0. The zero-order chi connectivity index (χ0) is 9.40. The predicted molar refractivity (Wildman–Crippen MR) is 57.7 cm³/mol. The SMILES string of the molecule is C=Cc1ccccc1.CC(Cl)Cl. The highest BCUT2D eigenvalue weighted by atomic mass is 35.5. The van der Waals surface area contributed by atoms with E-state index in [1.54, 1.807) is 6.92 Å². The highest BCUT2D eigenvalue weighted by Crippen LogP contribution is 1.97. The summed E-state index contributed by atoms with van der Waals surface area (Å²) < 4.78 is 0. The second kappa shape index (κ2) is 7.20. The normalized spacial score (nSPS) is 8.67. The molecule has 0 aliphatic carbocycles. The molecule has 66 valence electrons. The van der Waals surface area contributed by atoms with Crippen LogP contribution in [0.15, 0.2) is 36.9 Å². The Hall–Kier alpha value is -0.460. The molecule has 0 heterocycles. The molecule has 0 nitrogen and oxygen atoms in total. The fraction of sp³-hybridized carbons (Fsp3) is 0.200. The summed E-state index contributed by atoms with van der Waals surface area (Å²) in [6.07, 6.45) is 1.83. The summed E-state index contributed by atoms with van der Waals surface area (Å²) in [5.74, 6) is 0. The minimum absolute atomic E-state index is 0.222. The maximum atomic E-state index is 5.04. The monoisotopic (exact) mass is 202 g/mol. The van der Waals surface area contributed by atoms with Gasteiger partial charge in [-0.05, 0) is 12.5 Å². The van der Waals surface area contributed by atoms with E-state index in [1.807, 2.05) is 36.4 Å². The van der Waals surface area contributed by atoms with Crippen LogP contribution in [0.25, 0.3) is 6.08 Å². The molecular formula is C10H12Cl2. The van der Waals surface area contributed by atoms with Crippen molar-refractivity contribution >= 4 is 29.3 Å². The topological polar surface area (TPSA) is 0 Å². The van der Waals surface area contributed by atoms with Crippen molar-refractivity contribution in [3.63, 3.8) is 0 Å². The molecule has 0 aromatic heterocycles. The lowest BCUT2D eigenvalue weighted by Gasteiger charge is -1.85. The zero-order valence-corrected chi connectivity index (χ0v) is 8.52. The van der Waals surface area contributed by atoms with E-state index in [0.29, 0.717) is 0 Å². The van der Waals surface area contributed by atoms with Gasteiger partial charge in [-0.25, -0.2) is 0 Å². The van der Waals surface area contributed by atoms with E-state index >= 15 is 0 Å². The van der Waals surface area contributed by atoms with Gasteiger partial charge in [0.15, 0.2) is 0 Å². The first kappa shape index (κ1) is 11.5. The van der Waals surface area contributed by atoms with E-state index < -0.39 is 0 Å². The van der Waals surface area contributed by atoms with Crippen LogP contribution in [0.3, 0.4) is 0 Å². The van der Waals surface area contributed by atoms with Crippen molar-refractivity contribution in [3.8, 4) is 0 Å². The second-order valence-electron chi connectivity index (χ2n) is 2.13. The van der Waals surface area contributed by atoms with E-state index in [1.165, 1.54) is 5.56 Å². The molecule has 0 amide bonds. The first-order chi connectivity index (χ1) is 5.66. The van der Waals surface area contributed by atoms with Crippen molar-refractivity contribution in [3.05, 3.63) is 42.5 Å². The molecule has 0 aliphatic rings. The standard InChI is InChI=1S/C8H8.C2H4Cl2/c1-2-8-6-4-3-5-7-8;1-2(3)4/h2-7H,1H2;2H,1H3. The lowest BCUT2D eigenvalue weighted by atomic mass is 10.2. The third kappa shape index (κ3) is 7.64. The van der Waals surface area contributed by atoms with Crippen molar-refractivity contribution in [2.75, 3.05) is 0 Å². The molecule has 12 heavy (non-hydrogen) atoms. The third-order valence-corrected chi connectivity index (χ3v) is 1.04. The summed E-state index contributed by atoms with van der Waals surface area (Å²) in [7, 11) is 0. The Bertz CT molecular complexity index is 202. The first-order valence-corrected chi connectivity index (χ1v) is 4.49. The average molecular weight is 203 g/mol. The number of rotatable bonds is 1. The van der Waals surface area contributed by atoms with Crippen LogP contribution >= 0.6 is 23.2 Å². The molecule has 0 aliphatic heterocycles. The van der Waals surface area contributed by atoms with E-state index in [9.17, 15) is 0 Å². The van der Waals surface area contributed by atoms with E-state index in [0.717, 1.165) is 0 Å². The van der Waals surface area contributed by atoms with E-state index in [-0.39, 0.29) is 4.84 Å². The number of hydrogen-bond acceptors (Lipinski definition) is 0. The Morgan fingerprint density at radius 3 is 1.92 bits per heavy atom. The van der Waals surface area contributed by atoms with Gasteiger partial charge in [0.05, 0.1) is 0 Å². The van der Waals surface area contributed by atoms with Crippen molar-refractivity contribution < 1.29 is 0 Å². The third-order valence-electron chi connectivity index (χ3n) is 1.04. The van der Waals surface area contributed by atoms with Crippen LogP contribution < -0.4 is 0 Å². The highest BCUT2D eigenvalue weighted by molar-refractivity contribution is 6.43. The largest absolute Gasteiger partial charge is 0.106 e. The fourth-order valence-electron chi connectivity index (χ4n) is 0.589. The summed E-state index contributed by atoms with van der Waals surface area (Å²) in [5, 5.41) is 0. The van der Waals surface area contributed by atoms with Crippen LogP contribution in [0, 0.1) is 0 Å². The smallest absolute Gasteiger partial charge is 0.105 e. The number of halogens is 2. The van der Waals surface area contributed by atoms with Crippen LogP contribution in [0.2, 0.25) is 0 Å². The summed E-state index contributed by atoms with van der Waals surface area (Å²) in [6, 6.07) is 10.0. The van der Waals surface area contributed by atoms with Gasteiger partial charge in [-0.15, -0.1) is 23.2 Å². The lowest BCUT2D eigenvalue weighted by Crippen LogP contribution is -1.63. The molecule has 0 bridgehead atoms. The maximum absolute atomic E-state index is 5.04. The highest BCUT2D eigenvalue weighted by Gasteiger charge is 1.76. The van der Waals surface area contributed by atoms with Gasteiger partial charge in [-0.1, -0.05) is 43.0 Å². The minimum Gasteiger partial charge on any atom is -0.106 e. The summed E-state index contributed by atoms with van der Waals surface area (Å²) >= 11 is 10.1. The Balaban J connectivity index is 0.000000261. The molecule has 0 saturated heterocycles. The Labute approximate surface area is 83.8 Å². The van der Waals surface area contributed by atoms with Crippen LogP contribution in [0.5, 0.6) is 0 Å². The summed E-state index contributed by atoms with van der Waals surface area (Å²) in [5.41, 5.74) is 1.17. The van der Waals surface area contributed by atoms with E-state index in [4.69, 9.17) is 23.2 Å². The zero-order valence-electron chi connectivity index (χ0n) is 7.00. The molecular weight excluding hydrogens is 191 g/mol. The van der Waals surface area contributed by atoms with Crippen molar-refractivity contribution in [2.45, 2.75) is 11.8 Å². The van der Waals surface area contributed by atoms with Crippen molar-refractivity contribution in [1.29, 1.82) is 0 Å². The van der Waals surface area contributed by atoms with Gasteiger partial charge >= 0.3 is 0 Å². The lowest BCUT2D eigenvalue weighted by molar-refractivity contribution is 1.39. The molecule has 0 N–H and O–H groups in total. The summed E-state index contributed by atoms with van der Waals surface area (Å²) in [6.45, 7) is 5.33. The molecule has 0 radical (unpaired) electrons. The molecule has 0 spiro atoms. The minimum atomic E-state index is -0.222. The quantitative estimate of drug-likeness (QED) is 0.601. The summed E-state index contributed by atoms with van der Waals surface area (Å²) in [4.78, 5) is -0.222. The van der Waals surface area contributed by atoms with Gasteiger partial charge in [0.1, 0.15) is 4.84 Å². The predicted octanol–water partition coefficient (Wildman–Crippen LogP) is 4.14. The molecule has 2 heteroatoms. The van der Waals surface area contributed by atoms with Crippen LogP contribution in [0.4, 0.5) is 0 Å². The molecule has 1 aromatic carbocycles. The Morgan fingerprint density at radius 2 is 1.67 bits per heavy atom. The van der Waals surface area contributed by atoms with Gasteiger partial charge < -0.3 is 0 Å². The van der Waals surface area contributed by atoms with Gasteiger partial charge in [0.25, 0.3) is 0 Å². The van der Waals surface area contributed by atoms with Crippen molar-refractivity contribution in [1.82, 2.24) is 0 Å². The van der Waals surface area contributed by atoms with Gasteiger partial charge in [0.2, 0.25) is 0 Å². The molecule has 0 unspecified atom stereocenters. The molecule has 0 fully saturated rings. The molecule has 1 aromatic rings. The number of benzene rings is 1. The van der Waals surface area contributed by atoms with Gasteiger partial charge in [0, 0.05) is 0 Å². The number of alkyl halides is 2. The molecule has 0 saturated carbocycles. The molecule has 1 rings (SSSR count). The van der Waals surface area contributed by atoms with Crippen LogP contribution in [-0.4, -0.2) is 4.84 Å².